The maximum Gasteiger partial charge on any atom is 0.0479 e. The standard InChI is InChI=1S/C18H28N2/c1-5-13-20(16-11-12-16)17(14-19-18(2,3)4)15-9-7-6-8-10-15/h5-10,16-17,19H,1,11-14H2,2-4H3. The summed E-state index contributed by atoms with van der Waals surface area (Å²) in [5, 5.41) is 3.67. The number of benzene rings is 1. The molecule has 1 atom stereocenters. The predicted molar refractivity (Wildman–Crippen MR) is 86.9 cm³/mol. The maximum atomic E-state index is 3.93. The first-order valence-corrected chi connectivity index (χ1v) is 7.68. The summed E-state index contributed by atoms with van der Waals surface area (Å²) in [6, 6.07) is 12.0. The third kappa shape index (κ3) is 4.46. The normalized spacial score (nSPS) is 17.2. The highest BCUT2D eigenvalue weighted by molar-refractivity contribution is 5.20. The molecule has 0 amide bonds. The van der Waals surface area contributed by atoms with Gasteiger partial charge in [0.05, 0.1) is 0 Å². The summed E-state index contributed by atoms with van der Waals surface area (Å²) in [7, 11) is 0. The average Bonchev–Trinajstić information content (AvgIpc) is 3.22. The fourth-order valence-corrected chi connectivity index (χ4v) is 2.59. The Labute approximate surface area is 123 Å². The highest BCUT2D eigenvalue weighted by atomic mass is 15.2. The van der Waals surface area contributed by atoms with Gasteiger partial charge in [-0.05, 0) is 39.2 Å². The molecule has 1 aromatic rings. The average molecular weight is 272 g/mol. The number of hydrogen-bond donors (Lipinski definition) is 1. The topological polar surface area (TPSA) is 15.3 Å². The molecule has 0 spiro atoms. The molecule has 20 heavy (non-hydrogen) atoms. The van der Waals surface area contributed by atoms with Crippen LogP contribution in [0, 0.1) is 0 Å². The Hall–Kier alpha value is -1.12. The van der Waals surface area contributed by atoms with Crippen molar-refractivity contribution in [3.8, 4) is 0 Å². The molecular weight excluding hydrogens is 244 g/mol. The Bertz CT molecular complexity index is 415. The molecule has 2 nitrogen and oxygen atoms in total. The number of nitrogens with one attached hydrogen (secondary N) is 1. The lowest BCUT2D eigenvalue weighted by molar-refractivity contribution is 0.192. The van der Waals surface area contributed by atoms with Crippen LogP contribution in [-0.2, 0) is 0 Å². The quantitative estimate of drug-likeness (QED) is 0.760. The van der Waals surface area contributed by atoms with E-state index in [-0.39, 0.29) is 5.54 Å². The van der Waals surface area contributed by atoms with Crippen molar-refractivity contribution in [3.05, 3.63) is 48.6 Å². The Morgan fingerprint density at radius 1 is 1.30 bits per heavy atom. The van der Waals surface area contributed by atoms with Crippen molar-refractivity contribution >= 4 is 0 Å². The number of rotatable bonds is 7. The molecule has 0 saturated heterocycles. The smallest absolute Gasteiger partial charge is 0.0479 e. The Balaban J connectivity index is 2.16. The Morgan fingerprint density at radius 3 is 2.45 bits per heavy atom. The van der Waals surface area contributed by atoms with E-state index >= 15 is 0 Å². The van der Waals surface area contributed by atoms with Crippen LogP contribution in [0.15, 0.2) is 43.0 Å². The summed E-state index contributed by atoms with van der Waals surface area (Å²) in [5.41, 5.74) is 1.55. The summed E-state index contributed by atoms with van der Waals surface area (Å²) in [5.74, 6) is 0. The minimum atomic E-state index is 0.149. The molecule has 0 heterocycles. The molecule has 110 valence electrons. The first-order chi connectivity index (χ1) is 9.51. The lowest BCUT2D eigenvalue weighted by atomic mass is 10.0. The number of nitrogens with zero attached hydrogens (tertiary/aromatic N) is 1. The predicted octanol–water partition coefficient (Wildman–Crippen LogP) is 3.77. The minimum Gasteiger partial charge on any atom is -0.310 e. The Morgan fingerprint density at radius 2 is 1.95 bits per heavy atom. The van der Waals surface area contributed by atoms with Crippen LogP contribution < -0.4 is 5.32 Å². The van der Waals surface area contributed by atoms with Gasteiger partial charge in [-0.25, -0.2) is 0 Å². The van der Waals surface area contributed by atoms with E-state index in [1.165, 1.54) is 18.4 Å². The molecular formula is C18H28N2. The van der Waals surface area contributed by atoms with Crippen molar-refractivity contribution in [2.24, 2.45) is 0 Å². The summed E-state index contributed by atoms with van der Waals surface area (Å²) in [6.07, 6.45) is 4.69. The molecule has 0 aliphatic heterocycles. The van der Waals surface area contributed by atoms with E-state index in [1.807, 2.05) is 6.08 Å². The molecule has 0 aromatic heterocycles. The molecule has 1 unspecified atom stereocenters. The summed E-state index contributed by atoms with van der Waals surface area (Å²) >= 11 is 0. The van der Waals surface area contributed by atoms with Gasteiger partial charge in [0.15, 0.2) is 0 Å². The van der Waals surface area contributed by atoms with Crippen molar-refractivity contribution in [1.82, 2.24) is 10.2 Å². The zero-order chi connectivity index (χ0) is 14.6. The van der Waals surface area contributed by atoms with Crippen molar-refractivity contribution in [1.29, 1.82) is 0 Å². The minimum absolute atomic E-state index is 0.149. The highest BCUT2D eigenvalue weighted by Gasteiger charge is 2.34. The maximum absolute atomic E-state index is 3.93. The first-order valence-electron chi connectivity index (χ1n) is 7.68. The molecule has 0 bridgehead atoms. The Kier molecular flexibility index (Phi) is 5.00. The molecule has 1 aliphatic carbocycles. The van der Waals surface area contributed by atoms with E-state index in [2.05, 4.69) is 67.9 Å². The van der Waals surface area contributed by atoms with Crippen molar-refractivity contribution < 1.29 is 0 Å². The van der Waals surface area contributed by atoms with E-state index in [0.29, 0.717) is 6.04 Å². The van der Waals surface area contributed by atoms with Crippen molar-refractivity contribution in [2.45, 2.75) is 51.2 Å². The third-order valence-corrected chi connectivity index (χ3v) is 3.77. The molecule has 1 fully saturated rings. The van der Waals surface area contributed by atoms with Crippen LogP contribution in [-0.4, -0.2) is 29.6 Å². The van der Waals surface area contributed by atoms with Gasteiger partial charge in [0.25, 0.3) is 0 Å². The van der Waals surface area contributed by atoms with Gasteiger partial charge in [-0.15, -0.1) is 6.58 Å². The van der Waals surface area contributed by atoms with Gasteiger partial charge in [0.1, 0.15) is 0 Å². The van der Waals surface area contributed by atoms with Crippen LogP contribution >= 0.6 is 0 Å². The van der Waals surface area contributed by atoms with E-state index in [1.54, 1.807) is 0 Å². The summed E-state index contributed by atoms with van der Waals surface area (Å²) in [4.78, 5) is 2.60. The van der Waals surface area contributed by atoms with Gasteiger partial charge >= 0.3 is 0 Å². The van der Waals surface area contributed by atoms with Crippen LogP contribution in [0.5, 0.6) is 0 Å². The van der Waals surface area contributed by atoms with Crippen molar-refractivity contribution in [3.63, 3.8) is 0 Å². The lowest BCUT2D eigenvalue weighted by Crippen LogP contribution is -2.44. The van der Waals surface area contributed by atoms with E-state index in [0.717, 1.165) is 19.1 Å². The molecule has 1 aromatic carbocycles. The second-order valence-corrected chi connectivity index (χ2v) is 6.77. The van der Waals surface area contributed by atoms with Crippen LogP contribution in [0.1, 0.15) is 45.2 Å². The van der Waals surface area contributed by atoms with Gasteiger partial charge in [0, 0.05) is 30.7 Å². The fourth-order valence-electron chi connectivity index (χ4n) is 2.59. The monoisotopic (exact) mass is 272 g/mol. The van der Waals surface area contributed by atoms with Crippen LogP contribution in [0.4, 0.5) is 0 Å². The zero-order valence-electron chi connectivity index (χ0n) is 13.1. The molecule has 2 heteroatoms. The van der Waals surface area contributed by atoms with Gasteiger partial charge in [0.2, 0.25) is 0 Å². The first kappa shape index (κ1) is 15.3. The fraction of sp³-hybridized carbons (Fsp3) is 0.556. The number of hydrogen-bond acceptors (Lipinski definition) is 2. The van der Waals surface area contributed by atoms with E-state index in [4.69, 9.17) is 0 Å². The second kappa shape index (κ2) is 6.55. The molecule has 2 rings (SSSR count). The van der Waals surface area contributed by atoms with Gasteiger partial charge in [-0.3, -0.25) is 4.90 Å². The van der Waals surface area contributed by atoms with Gasteiger partial charge in [-0.1, -0.05) is 36.4 Å². The largest absolute Gasteiger partial charge is 0.310 e. The van der Waals surface area contributed by atoms with Crippen LogP contribution in [0.25, 0.3) is 0 Å². The lowest BCUT2D eigenvalue weighted by Gasteiger charge is -2.34. The zero-order valence-corrected chi connectivity index (χ0v) is 13.1. The summed E-state index contributed by atoms with van der Waals surface area (Å²) < 4.78 is 0. The molecule has 1 saturated carbocycles. The van der Waals surface area contributed by atoms with E-state index in [9.17, 15) is 0 Å². The third-order valence-electron chi connectivity index (χ3n) is 3.77. The molecule has 0 radical (unpaired) electrons. The molecule has 1 N–H and O–H groups in total. The molecule has 1 aliphatic rings. The van der Waals surface area contributed by atoms with Crippen LogP contribution in [0.2, 0.25) is 0 Å². The van der Waals surface area contributed by atoms with Crippen molar-refractivity contribution in [2.75, 3.05) is 13.1 Å². The second-order valence-electron chi connectivity index (χ2n) is 6.77. The van der Waals surface area contributed by atoms with Crippen LogP contribution in [0.3, 0.4) is 0 Å². The van der Waals surface area contributed by atoms with Gasteiger partial charge < -0.3 is 5.32 Å². The SMILES string of the molecule is C=CCN(C1CC1)C(CNC(C)(C)C)c1ccccc1. The van der Waals surface area contributed by atoms with E-state index < -0.39 is 0 Å². The van der Waals surface area contributed by atoms with Gasteiger partial charge in [-0.2, -0.15) is 0 Å². The highest BCUT2D eigenvalue weighted by Crippen LogP contribution is 2.34. The summed E-state index contributed by atoms with van der Waals surface area (Å²) in [6.45, 7) is 12.6.